The van der Waals surface area contributed by atoms with Gasteiger partial charge in [0.2, 0.25) is 6.10 Å². The molecule has 0 radical (unpaired) electrons. The van der Waals surface area contributed by atoms with Gasteiger partial charge in [0.25, 0.3) is 10.0 Å². The number of para-hydroxylation sites is 1. The first-order valence-corrected chi connectivity index (χ1v) is 9.10. The summed E-state index contributed by atoms with van der Waals surface area (Å²) >= 11 is 0. The molecule has 1 saturated heterocycles. The lowest BCUT2D eigenvalue weighted by Gasteiger charge is -2.11. The Morgan fingerprint density at radius 2 is 1.96 bits per heavy atom. The molecule has 1 heterocycles. The highest BCUT2D eigenvalue weighted by Gasteiger charge is 2.30. The number of ether oxygens (including phenoxy) is 2. The molecule has 7 nitrogen and oxygen atoms in total. The Labute approximate surface area is 148 Å². The van der Waals surface area contributed by atoms with E-state index >= 15 is 0 Å². The summed E-state index contributed by atoms with van der Waals surface area (Å²) in [6, 6.07) is 10.3. The highest BCUT2D eigenvalue weighted by molar-refractivity contribution is 7.92. The summed E-state index contributed by atoms with van der Waals surface area (Å²) in [6.07, 6.45) is -0.753. The van der Waals surface area contributed by atoms with Gasteiger partial charge in [-0.25, -0.2) is 22.4 Å². The number of sulfonamides is 1. The van der Waals surface area contributed by atoms with Crippen LogP contribution in [-0.4, -0.2) is 33.1 Å². The first kappa shape index (κ1) is 17.9. The van der Waals surface area contributed by atoms with E-state index in [4.69, 9.17) is 9.47 Å². The molecular formula is C17H14FNO6S. The van der Waals surface area contributed by atoms with Crippen LogP contribution in [0, 0.1) is 5.82 Å². The number of halogens is 1. The fourth-order valence-electron chi connectivity index (χ4n) is 2.32. The molecule has 0 amide bonds. The third-order valence-electron chi connectivity index (χ3n) is 3.63. The minimum absolute atomic E-state index is 0.0545. The van der Waals surface area contributed by atoms with Crippen LogP contribution in [0.3, 0.4) is 0 Å². The van der Waals surface area contributed by atoms with Gasteiger partial charge in [-0.05, 0) is 30.3 Å². The average molecular weight is 379 g/mol. The third kappa shape index (κ3) is 3.83. The molecule has 1 aliphatic heterocycles. The maximum atomic E-state index is 13.7. The van der Waals surface area contributed by atoms with Gasteiger partial charge in [-0.15, -0.1) is 0 Å². The van der Waals surface area contributed by atoms with E-state index in [9.17, 15) is 22.4 Å². The molecule has 1 N–H and O–H groups in total. The van der Waals surface area contributed by atoms with Gasteiger partial charge in [0, 0.05) is 6.42 Å². The molecule has 0 saturated carbocycles. The molecule has 2 aromatic carbocycles. The highest BCUT2D eigenvalue weighted by atomic mass is 32.2. The number of anilines is 1. The molecule has 136 valence electrons. The zero-order valence-electron chi connectivity index (χ0n) is 13.3. The topological polar surface area (TPSA) is 98.8 Å². The van der Waals surface area contributed by atoms with Crippen molar-refractivity contribution < 1.29 is 31.9 Å². The van der Waals surface area contributed by atoms with Crippen molar-refractivity contribution in [1.29, 1.82) is 0 Å². The van der Waals surface area contributed by atoms with E-state index in [0.717, 1.165) is 12.1 Å². The van der Waals surface area contributed by atoms with Crippen LogP contribution >= 0.6 is 0 Å². The molecule has 1 fully saturated rings. The number of hydrogen-bond donors (Lipinski definition) is 1. The fraction of sp³-hybridized carbons (Fsp3) is 0.176. The predicted octanol–water partition coefficient (Wildman–Crippen LogP) is 2.10. The number of hydrogen-bond acceptors (Lipinski definition) is 6. The van der Waals surface area contributed by atoms with Crippen LogP contribution in [0.15, 0.2) is 53.4 Å². The number of cyclic esters (lactones) is 1. The van der Waals surface area contributed by atoms with Crippen molar-refractivity contribution in [3.05, 3.63) is 59.9 Å². The minimum atomic E-state index is -4.12. The van der Waals surface area contributed by atoms with E-state index in [2.05, 4.69) is 4.72 Å². The minimum Gasteiger partial charge on any atom is -0.463 e. The van der Waals surface area contributed by atoms with E-state index in [-0.39, 0.29) is 29.2 Å². The van der Waals surface area contributed by atoms with Gasteiger partial charge in [0.05, 0.1) is 22.8 Å². The lowest BCUT2D eigenvalue weighted by molar-refractivity contribution is -0.145. The number of rotatable bonds is 5. The first-order chi connectivity index (χ1) is 12.4. The quantitative estimate of drug-likeness (QED) is 0.799. The number of esters is 2. The first-order valence-electron chi connectivity index (χ1n) is 7.62. The molecule has 0 aliphatic carbocycles. The molecule has 0 spiro atoms. The van der Waals surface area contributed by atoms with Crippen molar-refractivity contribution >= 4 is 27.6 Å². The van der Waals surface area contributed by atoms with Crippen LogP contribution < -0.4 is 4.72 Å². The molecule has 0 aromatic heterocycles. The Hall–Kier alpha value is -2.94. The molecule has 0 bridgehead atoms. The van der Waals surface area contributed by atoms with Crippen LogP contribution in [0.5, 0.6) is 0 Å². The van der Waals surface area contributed by atoms with Crippen LogP contribution in [0.25, 0.3) is 0 Å². The number of nitrogens with one attached hydrogen (secondary N) is 1. The summed E-state index contributed by atoms with van der Waals surface area (Å²) in [5.41, 5.74) is -0.268. The average Bonchev–Trinajstić information content (AvgIpc) is 3.02. The smallest absolute Gasteiger partial charge is 0.347 e. The zero-order valence-corrected chi connectivity index (χ0v) is 14.2. The van der Waals surface area contributed by atoms with E-state index in [1.165, 1.54) is 36.4 Å². The fourth-order valence-corrected chi connectivity index (χ4v) is 3.43. The Morgan fingerprint density at radius 1 is 1.19 bits per heavy atom. The zero-order chi connectivity index (χ0) is 18.7. The maximum Gasteiger partial charge on any atom is 0.347 e. The van der Waals surface area contributed by atoms with Crippen LogP contribution in [-0.2, 0) is 24.3 Å². The summed E-state index contributed by atoms with van der Waals surface area (Å²) in [5.74, 6) is -2.22. The number of carbonyl (C=O) groups excluding carboxylic acids is 2. The van der Waals surface area contributed by atoms with Crippen LogP contribution in [0.2, 0.25) is 0 Å². The van der Waals surface area contributed by atoms with Crippen molar-refractivity contribution in [3.63, 3.8) is 0 Å². The second-order valence-corrected chi connectivity index (χ2v) is 7.15. The van der Waals surface area contributed by atoms with Gasteiger partial charge in [-0.3, -0.25) is 4.72 Å². The van der Waals surface area contributed by atoms with E-state index < -0.39 is 33.9 Å². The van der Waals surface area contributed by atoms with Gasteiger partial charge < -0.3 is 9.47 Å². The standard InChI is InChI=1S/C17H14FNO6S/c18-13-6-1-2-7-14(13)19-26(22,23)12-5-3-4-11(10-12)16(20)25-15-8-9-24-17(15)21/h1-7,10,15,19H,8-9H2/t15-/m1/s1. The normalized spacial score (nSPS) is 16.8. The number of carbonyl (C=O) groups is 2. The molecular weight excluding hydrogens is 365 g/mol. The largest absolute Gasteiger partial charge is 0.463 e. The summed E-state index contributed by atoms with van der Waals surface area (Å²) in [4.78, 5) is 23.2. The SMILES string of the molecule is O=C(O[C@@H]1CCOC1=O)c1cccc(S(=O)(=O)Nc2ccccc2F)c1. The third-order valence-corrected chi connectivity index (χ3v) is 5.00. The maximum absolute atomic E-state index is 13.7. The van der Waals surface area contributed by atoms with E-state index in [1.54, 1.807) is 0 Å². The highest BCUT2D eigenvalue weighted by Crippen LogP contribution is 2.20. The Kier molecular flexibility index (Phi) is 4.90. The number of benzene rings is 2. The van der Waals surface area contributed by atoms with Crippen molar-refractivity contribution in [2.45, 2.75) is 17.4 Å². The van der Waals surface area contributed by atoms with Gasteiger partial charge in [-0.2, -0.15) is 0 Å². The molecule has 3 rings (SSSR count). The summed E-state index contributed by atoms with van der Waals surface area (Å²) in [7, 11) is -4.12. The summed E-state index contributed by atoms with van der Waals surface area (Å²) in [6.45, 7) is 0.164. The van der Waals surface area contributed by atoms with Gasteiger partial charge in [-0.1, -0.05) is 18.2 Å². The van der Waals surface area contributed by atoms with Crippen molar-refractivity contribution in [1.82, 2.24) is 0 Å². The van der Waals surface area contributed by atoms with Crippen molar-refractivity contribution in [3.8, 4) is 0 Å². The van der Waals surface area contributed by atoms with E-state index in [0.29, 0.717) is 0 Å². The summed E-state index contributed by atoms with van der Waals surface area (Å²) in [5, 5.41) is 0. The molecule has 9 heteroatoms. The molecule has 26 heavy (non-hydrogen) atoms. The van der Waals surface area contributed by atoms with Crippen molar-refractivity contribution in [2.24, 2.45) is 0 Å². The van der Waals surface area contributed by atoms with E-state index in [1.807, 2.05) is 0 Å². The molecule has 2 aromatic rings. The van der Waals surface area contributed by atoms with Gasteiger partial charge >= 0.3 is 11.9 Å². The molecule has 1 atom stereocenters. The summed E-state index contributed by atoms with van der Waals surface area (Å²) < 4.78 is 50.4. The molecule has 1 aliphatic rings. The van der Waals surface area contributed by atoms with Crippen molar-refractivity contribution in [2.75, 3.05) is 11.3 Å². The Balaban J connectivity index is 1.80. The van der Waals surface area contributed by atoms with Crippen LogP contribution in [0.4, 0.5) is 10.1 Å². The second kappa shape index (κ2) is 7.12. The Bertz CT molecular complexity index is 959. The lowest BCUT2D eigenvalue weighted by Crippen LogP contribution is -2.23. The Morgan fingerprint density at radius 3 is 2.65 bits per heavy atom. The predicted molar refractivity (Wildman–Crippen MR) is 88.4 cm³/mol. The monoisotopic (exact) mass is 379 g/mol. The van der Waals surface area contributed by atoms with Crippen LogP contribution in [0.1, 0.15) is 16.8 Å². The van der Waals surface area contributed by atoms with Gasteiger partial charge in [0.1, 0.15) is 5.82 Å². The molecule has 0 unspecified atom stereocenters. The lowest BCUT2D eigenvalue weighted by atomic mass is 10.2. The van der Waals surface area contributed by atoms with Gasteiger partial charge in [0.15, 0.2) is 0 Å². The second-order valence-electron chi connectivity index (χ2n) is 5.46.